The second-order valence-electron chi connectivity index (χ2n) is 9.60. The molecule has 0 aliphatic heterocycles. The van der Waals surface area contributed by atoms with E-state index >= 15 is 0 Å². The molecule has 1 aromatic carbocycles. The van der Waals surface area contributed by atoms with Crippen LogP contribution in [0.15, 0.2) is 36.8 Å². The zero-order chi connectivity index (χ0) is 29.8. The highest BCUT2D eigenvalue weighted by atomic mass is 16.4. The van der Waals surface area contributed by atoms with Gasteiger partial charge in [-0.15, -0.1) is 0 Å². The number of nitrogens with two attached hydrogens (primary N) is 2. The van der Waals surface area contributed by atoms with Crippen LogP contribution in [0.1, 0.15) is 44.4 Å². The molecule has 1 aromatic heterocycles. The third-order valence-electron chi connectivity index (χ3n) is 6.43. The Bertz CT molecular complexity index is 1150. The van der Waals surface area contributed by atoms with Crippen molar-refractivity contribution in [2.75, 3.05) is 0 Å². The minimum atomic E-state index is -1.39. The lowest BCUT2D eigenvalue weighted by molar-refractivity contribution is -0.143. The smallest absolute Gasteiger partial charge is 0.326 e. The van der Waals surface area contributed by atoms with Crippen molar-refractivity contribution >= 4 is 29.6 Å². The Labute approximate surface area is 231 Å². The molecule has 218 valence electrons. The lowest BCUT2D eigenvalue weighted by Crippen LogP contribution is -2.59. The maximum atomic E-state index is 13.5. The van der Waals surface area contributed by atoms with Crippen molar-refractivity contribution in [2.24, 2.45) is 17.4 Å². The molecule has 5 atom stereocenters. The first-order valence-electron chi connectivity index (χ1n) is 12.8. The normalized spacial score (nSPS) is 14.7. The Balaban J connectivity index is 2.23. The van der Waals surface area contributed by atoms with Crippen LogP contribution in [0.25, 0.3) is 0 Å². The first-order valence-corrected chi connectivity index (χ1v) is 12.8. The average Bonchev–Trinajstić information content (AvgIpc) is 3.42. The molecule has 0 aliphatic carbocycles. The Hall–Kier alpha value is -4.46. The molecule has 0 saturated heterocycles. The number of aromatic amines is 1. The van der Waals surface area contributed by atoms with Crippen molar-refractivity contribution in [1.29, 1.82) is 0 Å². The van der Waals surface area contributed by atoms with Gasteiger partial charge in [0.15, 0.2) is 0 Å². The van der Waals surface area contributed by atoms with E-state index in [2.05, 4.69) is 25.9 Å². The second-order valence-corrected chi connectivity index (χ2v) is 9.60. The van der Waals surface area contributed by atoms with Crippen LogP contribution in [0.3, 0.4) is 0 Å². The summed E-state index contributed by atoms with van der Waals surface area (Å²) >= 11 is 0. The average molecular weight is 560 g/mol. The number of carboxylic acids is 1. The van der Waals surface area contributed by atoms with Crippen molar-refractivity contribution in [3.05, 3.63) is 48.0 Å². The zero-order valence-electron chi connectivity index (χ0n) is 22.4. The molecule has 0 saturated carbocycles. The summed E-state index contributed by atoms with van der Waals surface area (Å²) in [5, 5.41) is 26.7. The minimum Gasteiger partial charge on any atom is -0.508 e. The maximum absolute atomic E-state index is 13.5. The van der Waals surface area contributed by atoms with Crippen molar-refractivity contribution in [2.45, 2.75) is 70.1 Å². The number of rotatable bonds is 16. The number of aromatic nitrogens is 2. The predicted octanol–water partition coefficient (Wildman–Crippen LogP) is -0.922. The number of primary amides is 1. The van der Waals surface area contributed by atoms with E-state index < -0.39 is 59.7 Å². The molecule has 2 aromatic rings. The van der Waals surface area contributed by atoms with Gasteiger partial charge < -0.3 is 42.6 Å². The summed E-state index contributed by atoms with van der Waals surface area (Å²) in [6.45, 7) is 3.50. The fourth-order valence-corrected chi connectivity index (χ4v) is 3.84. The van der Waals surface area contributed by atoms with E-state index in [1.54, 1.807) is 26.0 Å². The SMILES string of the molecule is CCC(C)C(NC(=O)C(Cc1ccc(O)cc1)NC(=O)C(N)Cc1cnc[nH]1)C(=O)NC(CCC(N)=O)C(=O)O. The highest BCUT2D eigenvalue weighted by molar-refractivity contribution is 5.94. The van der Waals surface area contributed by atoms with E-state index in [1.165, 1.54) is 24.7 Å². The molecular weight excluding hydrogens is 522 g/mol. The number of carbonyl (C=O) groups is 5. The van der Waals surface area contributed by atoms with Crippen molar-refractivity contribution in [1.82, 2.24) is 25.9 Å². The van der Waals surface area contributed by atoms with E-state index in [-0.39, 0.29) is 31.4 Å². The molecule has 40 heavy (non-hydrogen) atoms. The second kappa shape index (κ2) is 15.2. The molecule has 0 spiro atoms. The highest BCUT2D eigenvalue weighted by Crippen LogP contribution is 2.14. The van der Waals surface area contributed by atoms with Crippen LogP contribution in [0.2, 0.25) is 0 Å². The molecule has 1 heterocycles. The Morgan fingerprint density at radius 2 is 1.62 bits per heavy atom. The van der Waals surface area contributed by atoms with Gasteiger partial charge in [-0.25, -0.2) is 9.78 Å². The van der Waals surface area contributed by atoms with Gasteiger partial charge in [-0.1, -0.05) is 32.4 Å². The number of carboxylic acid groups (broad SMARTS) is 1. The summed E-state index contributed by atoms with van der Waals surface area (Å²) in [6.07, 6.45) is 3.11. The minimum absolute atomic E-state index is 0.0137. The zero-order valence-corrected chi connectivity index (χ0v) is 22.4. The van der Waals surface area contributed by atoms with Crippen LogP contribution in [-0.2, 0) is 36.8 Å². The number of nitrogens with one attached hydrogen (secondary N) is 4. The molecule has 0 fully saturated rings. The first kappa shape index (κ1) is 31.8. The Kier molecular flexibility index (Phi) is 12.1. The van der Waals surface area contributed by atoms with Crippen LogP contribution in [0, 0.1) is 5.92 Å². The number of carbonyl (C=O) groups excluding carboxylic acids is 4. The van der Waals surface area contributed by atoms with Gasteiger partial charge >= 0.3 is 5.97 Å². The van der Waals surface area contributed by atoms with Gasteiger partial charge in [0.2, 0.25) is 23.6 Å². The molecule has 0 aliphatic rings. The van der Waals surface area contributed by atoms with Gasteiger partial charge in [-0.2, -0.15) is 0 Å². The van der Waals surface area contributed by atoms with Gasteiger partial charge in [0, 0.05) is 31.2 Å². The number of phenolic OH excluding ortho intramolecular Hbond substituents is 1. The summed E-state index contributed by atoms with van der Waals surface area (Å²) in [6, 6.07) is 1.33. The number of H-pyrrole nitrogens is 1. The van der Waals surface area contributed by atoms with E-state index in [1.807, 2.05) is 0 Å². The largest absolute Gasteiger partial charge is 0.508 e. The lowest BCUT2D eigenvalue weighted by atomic mass is 9.96. The van der Waals surface area contributed by atoms with Crippen LogP contribution in [-0.4, -0.2) is 73.9 Å². The van der Waals surface area contributed by atoms with E-state index in [0.29, 0.717) is 17.7 Å². The molecule has 0 radical (unpaired) electrons. The number of benzene rings is 1. The van der Waals surface area contributed by atoms with Gasteiger partial charge in [0.1, 0.15) is 23.9 Å². The number of phenols is 1. The third kappa shape index (κ3) is 10.0. The fourth-order valence-electron chi connectivity index (χ4n) is 3.84. The summed E-state index contributed by atoms with van der Waals surface area (Å²) < 4.78 is 0. The van der Waals surface area contributed by atoms with Crippen LogP contribution < -0.4 is 27.4 Å². The van der Waals surface area contributed by atoms with Crippen LogP contribution >= 0.6 is 0 Å². The summed E-state index contributed by atoms with van der Waals surface area (Å²) in [5.41, 5.74) is 12.4. The predicted molar refractivity (Wildman–Crippen MR) is 143 cm³/mol. The molecule has 14 heteroatoms. The van der Waals surface area contributed by atoms with E-state index in [4.69, 9.17) is 11.5 Å². The summed E-state index contributed by atoms with van der Waals surface area (Å²) in [5.74, 6) is -4.53. The molecule has 4 amide bonds. The maximum Gasteiger partial charge on any atom is 0.326 e. The van der Waals surface area contributed by atoms with Crippen LogP contribution in [0.5, 0.6) is 5.75 Å². The molecule has 14 nitrogen and oxygen atoms in total. The number of aliphatic carboxylic acids is 1. The highest BCUT2D eigenvalue weighted by Gasteiger charge is 2.33. The number of nitrogens with zero attached hydrogens (tertiary/aromatic N) is 1. The topological polar surface area (TPSA) is 243 Å². The molecule has 10 N–H and O–H groups in total. The van der Waals surface area contributed by atoms with Crippen molar-refractivity contribution in [3.63, 3.8) is 0 Å². The van der Waals surface area contributed by atoms with Gasteiger partial charge in [0.05, 0.1) is 12.4 Å². The summed E-state index contributed by atoms with van der Waals surface area (Å²) in [4.78, 5) is 69.0. The van der Waals surface area contributed by atoms with E-state index in [0.717, 1.165) is 0 Å². The molecule has 0 bridgehead atoms. The molecular formula is C26H37N7O7. The van der Waals surface area contributed by atoms with Gasteiger partial charge in [-0.05, 0) is 30.0 Å². The van der Waals surface area contributed by atoms with Gasteiger partial charge in [-0.3, -0.25) is 19.2 Å². The number of hydrogen-bond donors (Lipinski definition) is 8. The first-order chi connectivity index (χ1) is 18.9. The quantitative estimate of drug-likeness (QED) is 0.127. The third-order valence-corrected chi connectivity index (χ3v) is 6.43. The standard InChI is InChI=1S/C26H37N7O7/c1-3-14(2)22(25(38)31-19(26(39)40)8-9-21(28)35)33-24(37)20(10-15-4-6-17(34)7-5-15)32-23(36)18(27)11-16-12-29-13-30-16/h4-7,12-14,18-20,22,34H,3,8-11,27H2,1-2H3,(H2,28,35)(H,29,30)(H,31,38)(H,32,36)(H,33,37)(H,39,40). The van der Waals surface area contributed by atoms with Crippen LogP contribution in [0.4, 0.5) is 0 Å². The number of amides is 4. The molecule has 5 unspecified atom stereocenters. The molecule has 2 rings (SSSR count). The van der Waals surface area contributed by atoms with Crippen molar-refractivity contribution in [3.8, 4) is 5.75 Å². The van der Waals surface area contributed by atoms with Crippen molar-refractivity contribution < 1.29 is 34.2 Å². The number of aromatic hydroxyl groups is 1. The Morgan fingerprint density at radius 1 is 0.975 bits per heavy atom. The lowest BCUT2D eigenvalue weighted by Gasteiger charge is -2.28. The fraction of sp³-hybridized carbons (Fsp3) is 0.462. The van der Waals surface area contributed by atoms with E-state index in [9.17, 15) is 34.2 Å². The Morgan fingerprint density at radius 3 is 2.17 bits per heavy atom. The van der Waals surface area contributed by atoms with Gasteiger partial charge in [0.25, 0.3) is 0 Å². The number of imidazole rings is 1. The summed E-state index contributed by atoms with van der Waals surface area (Å²) in [7, 11) is 0. The number of hydrogen-bond acceptors (Lipinski definition) is 8. The monoisotopic (exact) mass is 559 g/mol.